The molecule has 0 aliphatic rings. The van der Waals surface area contributed by atoms with Crippen LogP contribution in [0.15, 0.2) is 27.2 Å². The summed E-state index contributed by atoms with van der Waals surface area (Å²) in [4.78, 5) is 14.1. The third-order valence-corrected chi connectivity index (χ3v) is 3.94. The molecule has 1 aromatic carbocycles. The predicted octanol–water partition coefficient (Wildman–Crippen LogP) is 3.33. The number of carbonyl (C=O) groups excluding carboxylic acids is 1. The average molecular weight is 353 g/mol. The predicted molar refractivity (Wildman–Crippen MR) is 82.5 cm³/mol. The highest BCUT2D eigenvalue weighted by atomic mass is 79.9. The minimum absolute atomic E-state index is 0.0710. The SMILES string of the molecule is COc1ccc(C(=O)N(C)Cc2c(C)noc2C)cc1Br. The molecule has 1 aromatic heterocycles. The largest absolute Gasteiger partial charge is 0.496 e. The maximum absolute atomic E-state index is 12.5. The van der Waals surface area contributed by atoms with E-state index in [0.717, 1.165) is 21.5 Å². The van der Waals surface area contributed by atoms with Crippen LogP contribution in [0.1, 0.15) is 27.4 Å². The van der Waals surface area contributed by atoms with Crippen LogP contribution in [0.2, 0.25) is 0 Å². The lowest BCUT2D eigenvalue weighted by Crippen LogP contribution is -2.26. The number of nitrogens with zero attached hydrogens (tertiary/aromatic N) is 2. The summed E-state index contributed by atoms with van der Waals surface area (Å²) in [5.41, 5.74) is 2.35. The van der Waals surface area contributed by atoms with E-state index in [2.05, 4.69) is 21.1 Å². The van der Waals surface area contributed by atoms with Gasteiger partial charge >= 0.3 is 0 Å². The highest BCUT2D eigenvalue weighted by molar-refractivity contribution is 9.10. The van der Waals surface area contributed by atoms with Crippen LogP contribution >= 0.6 is 15.9 Å². The van der Waals surface area contributed by atoms with Gasteiger partial charge in [-0.25, -0.2) is 0 Å². The van der Waals surface area contributed by atoms with Crippen molar-refractivity contribution in [2.75, 3.05) is 14.2 Å². The second-order valence-electron chi connectivity index (χ2n) is 4.81. The second-order valence-corrected chi connectivity index (χ2v) is 5.67. The van der Waals surface area contributed by atoms with Crippen molar-refractivity contribution in [2.45, 2.75) is 20.4 Å². The normalized spacial score (nSPS) is 10.5. The zero-order chi connectivity index (χ0) is 15.6. The molecule has 0 saturated carbocycles. The second kappa shape index (κ2) is 6.30. The van der Waals surface area contributed by atoms with Gasteiger partial charge in [0.2, 0.25) is 0 Å². The fourth-order valence-electron chi connectivity index (χ4n) is 2.06. The molecule has 0 atom stereocenters. The number of hydrogen-bond acceptors (Lipinski definition) is 4. The summed E-state index contributed by atoms with van der Waals surface area (Å²) >= 11 is 3.39. The highest BCUT2D eigenvalue weighted by Gasteiger charge is 2.17. The third kappa shape index (κ3) is 3.26. The monoisotopic (exact) mass is 352 g/mol. The van der Waals surface area contributed by atoms with Gasteiger partial charge in [0.15, 0.2) is 0 Å². The first kappa shape index (κ1) is 15.6. The van der Waals surface area contributed by atoms with E-state index in [0.29, 0.717) is 17.9 Å². The molecule has 112 valence electrons. The van der Waals surface area contributed by atoms with Crippen LogP contribution in [0, 0.1) is 13.8 Å². The van der Waals surface area contributed by atoms with Crippen molar-refractivity contribution in [2.24, 2.45) is 0 Å². The molecule has 2 rings (SSSR count). The van der Waals surface area contributed by atoms with Gasteiger partial charge in [0.1, 0.15) is 11.5 Å². The summed E-state index contributed by atoms with van der Waals surface area (Å²) < 4.78 is 11.0. The lowest BCUT2D eigenvalue weighted by atomic mass is 10.1. The Balaban J connectivity index is 2.18. The van der Waals surface area contributed by atoms with E-state index in [4.69, 9.17) is 9.26 Å². The minimum Gasteiger partial charge on any atom is -0.496 e. The fourth-order valence-corrected chi connectivity index (χ4v) is 2.60. The van der Waals surface area contributed by atoms with Gasteiger partial charge in [-0.3, -0.25) is 4.79 Å². The van der Waals surface area contributed by atoms with Crippen molar-refractivity contribution in [3.63, 3.8) is 0 Å². The fraction of sp³-hybridized carbons (Fsp3) is 0.333. The van der Waals surface area contributed by atoms with E-state index >= 15 is 0 Å². The minimum atomic E-state index is -0.0710. The molecule has 0 aliphatic heterocycles. The zero-order valence-corrected chi connectivity index (χ0v) is 14.0. The number of amides is 1. The molecule has 6 heteroatoms. The van der Waals surface area contributed by atoms with Gasteiger partial charge in [0.25, 0.3) is 5.91 Å². The Kier molecular flexibility index (Phi) is 4.67. The summed E-state index contributed by atoms with van der Waals surface area (Å²) in [5.74, 6) is 1.36. The Labute approximate surface area is 132 Å². The van der Waals surface area contributed by atoms with E-state index in [-0.39, 0.29) is 5.91 Å². The van der Waals surface area contributed by atoms with Gasteiger partial charge in [-0.2, -0.15) is 0 Å². The van der Waals surface area contributed by atoms with Crippen LogP contribution in [0.5, 0.6) is 5.75 Å². The molecular formula is C15H17BrN2O3. The number of hydrogen-bond donors (Lipinski definition) is 0. The van der Waals surface area contributed by atoms with Crippen LogP contribution in [0.4, 0.5) is 0 Å². The molecule has 1 amide bonds. The van der Waals surface area contributed by atoms with Crippen LogP contribution in [-0.2, 0) is 6.54 Å². The molecule has 1 heterocycles. The Morgan fingerprint density at radius 2 is 2.14 bits per heavy atom. The topological polar surface area (TPSA) is 55.6 Å². The van der Waals surface area contributed by atoms with Gasteiger partial charge in [-0.05, 0) is 48.0 Å². The number of methoxy groups -OCH3 is 1. The van der Waals surface area contributed by atoms with E-state index in [1.165, 1.54) is 0 Å². The molecule has 0 bridgehead atoms. The number of halogens is 1. The standard InChI is InChI=1S/C15H17BrN2O3/c1-9-12(10(2)21-17-9)8-18(3)15(19)11-5-6-14(20-4)13(16)7-11/h5-7H,8H2,1-4H3. The Morgan fingerprint density at radius 1 is 1.43 bits per heavy atom. The number of benzene rings is 1. The smallest absolute Gasteiger partial charge is 0.253 e. The average Bonchev–Trinajstić information content (AvgIpc) is 2.78. The van der Waals surface area contributed by atoms with Gasteiger partial charge in [-0.15, -0.1) is 0 Å². The molecule has 5 nitrogen and oxygen atoms in total. The molecule has 21 heavy (non-hydrogen) atoms. The lowest BCUT2D eigenvalue weighted by Gasteiger charge is -2.17. The lowest BCUT2D eigenvalue weighted by molar-refractivity contribution is 0.0784. The quantitative estimate of drug-likeness (QED) is 0.846. The Hall–Kier alpha value is -1.82. The summed E-state index contributed by atoms with van der Waals surface area (Å²) in [6.07, 6.45) is 0. The van der Waals surface area contributed by atoms with Crippen molar-refractivity contribution in [3.05, 3.63) is 45.3 Å². The molecule has 0 radical (unpaired) electrons. The van der Waals surface area contributed by atoms with E-state index in [1.807, 2.05) is 13.8 Å². The molecule has 0 unspecified atom stereocenters. The number of carbonyl (C=O) groups is 1. The van der Waals surface area contributed by atoms with Gasteiger partial charge < -0.3 is 14.2 Å². The zero-order valence-electron chi connectivity index (χ0n) is 12.4. The molecular weight excluding hydrogens is 336 g/mol. The first-order valence-corrected chi connectivity index (χ1v) is 7.24. The molecule has 0 N–H and O–H groups in total. The summed E-state index contributed by atoms with van der Waals surface area (Å²) in [7, 11) is 3.34. The van der Waals surface area contributed by atoms with Gasteiger partial charge in [-0.1, -0.05) is 5.16 Å². The van der Waals surface area contributed by atoms with Gasteiger partial charge in [0, 0.05) is 18.2 Å². The molecule has 0 fully saturated rings. The summed E-state index contributed by atoms with van der Waals surface area (Å²) in [6, 6.07) is 5.27. The number of aromatic nitrogens is 1. The Bertz CT molecular complexity index is 647. The first-order chi connectivity index (χ1) is 9.93. The van der Waals surface area contributed by atoms with E-state index in [1.54, 1.807) is 37.3 Å². The van der Waals surface area contributed by atoms with Gasteiger partial charge in [0.05, 0.1) is 23.8 Å². The van der Waals surface area contributed by atoms with Crippen LogP contribution in [0.3, 0.4) is 0 Å². The van der Waals surface area contributed by atoms with Crippen molar-refractivity contribution in [1.82, 2.24) is 10.1 Å². The van der Waals surface area contributed by atoms with Crippen molar-refractivity contribution in [1.29, 1.82) is 0 Å². The molecule has 0 aliphatic carbocycles. The van der Waals surface area contributed by atoms with E-state index in [9.17, 15) is 4.79 Å². The number of aryl methyl sites for hydroxylation is 2. The Morgan fingerprint density at radius 3 is 2.67 bits per heavy atom. The van der Waals surface area contributed by atoms with Crippen molar-refractivity contribution >= 4 is 21.8 Å². The highest BCUT2D eigenvalue weighted by Crippen LogP contribution is 2.26. The van der Waals surface area contributed by atoms with Crippen molar-refractivity contribution < 1.29 is 14.1 Å². The molecule has 0 spiro atoms. The maximum atomic E-state index is 12.5. The summed E-state index contributed by atoms with van der Waals surface area (Å²) in [6.45, 7) is 4.18. The number of rotatable bonds is 4. The van der Waals surface area contributed by atoms with E-state index < -0.39 is 0 Å². The summed E-state index contributed by atoms with van der Waals surface area (Å²) in [5, 5.41) is 3.90. The molecule has 0 saturated heterocycles. The van der Waals surface area contributed by atoms with Crippen molar-refractivity contribution in [3.8, 4) is 5.75 Å². The van der Waals surface area contributed by atoms with Crippen LogP contribution < -0.4 is 4.74 Å². The number of ether oxygens (including phenoxy) is 1. The third-order valence-electron chi connectivity index (χ3n) is 3.32. The first-order valence-electron chi connectivity index (χ1n) is 6.44. The van der Waals surface area contributed by atoms with Crippen LogP contribution in [-0.4, -0.2) is 30.1 Å². The molecule has 2 aromatic rings. The maximum Gasteiger partial charge on any atom is 0.253 e. The van der Waals surface area contributed by atoms with Crippen LogP contribution in [0.25, 0.3) is 0 Å².